The first-order chi connectivity index (χ1) is 42.5. The van der Waals surface area contributed by atoms with E-state index in [9.17, 15) is 19.5 Å². The average Bonchev–Trinajstić information content (AvgIpc) is 2.35. The fourth-order valence-corrected chi connectivity index (χ4v) is 14.2. The van der Waals surface area contributed by atoms with Crippen molar-refractivity contribution < 1.29 is 43.2 Å². The molecule has 3 saturated heterocycles. The molecule has 19 nitrogen and oxygen atoms in total. The number of benzene rings is 4. The van der Waals surface area contributed by atoms with Gasteiger partial charge >= 0.3 is 6.01 Å². The third-order valence-electron chi connectivity index (χ3n) is 18.1. The molecule has 4 atom stereocenters. The zero-order valence-electron chi connectivity index (χ0n) is 50.8. The van der Waals surface area contributed by atoms with E-state index in [4.69, 9.17) is 38.6 Å². The van der Waals surface area contributed by atoms with Gasteiger partial charge in [-0.05, 0) is 107 Å². The molecule has 1 aliphatic carbocycles. The molecule has 3 unspecified atom stereocenters. The lowest BCUT2D eigenvalue weighted by Gasteiger charge is -2.38. The molecule has 20 heteroatoms. The van der Waals surface area contributed by atoms with Crippen molar-refractivity contribution in [2.45, 2.75) is 115 Å². The summed E-state index contributed by atoms with van der Waals surface area (Å²) >= 11 is 1.60. The van der Waals surface area contributed by atoms with Crippen molar-refractivity contribution in [3.63, 3.8) is 0 Å². The Kier molecular flexibility index (Phi) is 20.8. The molecule has 1 saturated carbocycles. The summed E-state index contributed by atoms with van der Waals surface area (Å²) in [6.07, 6.45) is 10.9. The Morgan fingerprint density at radius 3 is 2.28 bits per heavy atom. The molecule has 4 fully saturated rings. The molecule has 87 heavy (non-hydrogen) atoms. The normalized spacial score (nSPS) is 19.0. The standard InChI is InChI=1S/C67H86N10O9S/c1-5-61(79)74-30-32-75(33-31-74)63-55-25-29-76(59-41-49(78)40-48-16-9-10-17-51(48)59)43-56(55)70-67(72-63)86-45(2)42-73-27-23-50(24-28-73)84-38-36-82-34-35-83-37-39-85-60-22-21-53(52-18-11-12-19-54(52)60)57-44-87-65(69-57)58-20-13-26-77(58)66(81)62(47-14-7-6-8-15-47)71-64(80)46(3)68-4/h5,9-12,16-19,21-22,40-41,44-47,50,58,62,68,78H,1,6-8,13-15,20,23-39,42-43H2,2-4H3,(H,71,80)/t45?,46?,58?,62-/m0/s1. The smallest absolute Gasteiger partial charge is 0.318 e. The second-order valence-electron chi connectivity index (χ2n) is 23.8. The van der Waals surface area contributed by atoms with Gasteiger partial charge in [0, 0.05) is 97.9 Å². The van der Waals surface area contributed by atoms with Gasteiger partial charge in [-0.25, -0.2) is 4.98 Å². The van der Waals surface area contributed by atoms with Gasteiger partial charge in [0.2, 0.25) is 17.7 Å². The second kappa shape index (κ2) is 29.4. The van der Waals surface area contributed by atoms with E-state index < -0.39 is 6.04 Å². The van der Waals surface area contributed by atoms with Crippen molar-refractivity contribution >= 4 is 62.1 Å². The van der Waals surface area contributed by atoms with Crippen LogP contribution in [0.2, 0.25) is 0 Å². The minimum atomic E-state index is -0.531. The number of likely N-dealkylation sites (tertiary alicyclic amines) is 2. The summed E-state index contributed by atoms with van der Waals surface area (Å²) in [5, 5.41) is 24.0. The minimum Gasteiger partial charge on any atom is -0.508 e. The molecule has 4 aliphatic heterocycles. The first-order valence-corrected chi connectivity index (χ1v) is 32.5. The zero-order chi connectivity index (χ0) is 60.2. The Bertz CT molecular complexity index is 3320. The molecule has 0 radical (unpaired) electrons. The summed E-state index contributed by atoms with van der Waals surface area (Å²) in [6.45, 7) is 17.3. The van der Waals surface area contributed by atoms with Crippen LogP contribution >= 0.6 is 11.3 Å². The number of ether oxygens (including phenoxy) is 5. The maximum absolute atomic E-state index is 14.4. The number of phenolic OH excluding ortho intramolecular Hbond substituents is 1. The van der Waals surface area contributed by atoms with Crippen molar-refractivity contribution in [1.82, 2.24) is 40.3 Å². The fourth-order valence-electron chi connectivity index (χ4n) is 13.3. The third kappa shape index (κ3) is 15.0. The number of fused-ring (bicyclic) bond motifs is 3. The third-order valence-corrected chi connectivity index (χ3v) is 19.0. The van der Waals surface area contributed by atoms with Gasteiger partial charge < -0.3 is 59.0 Å². The van der Waals surface area contributed by atoms with Gasteiger partial charge in [0.15, 0.2) is 0 Å². The van der Waals surface area contributed by atoms with Crippen LogP contribution in [-0.4, -0.2) is 182 Å². The first kappa shape index (κ1) is 61.7. The van der Waals surface area contributed by atoms with E-state index in [2.05, 4.69) is 68.5 Å². The average molecular weight is 1210 g/mol. The van der Waals surface area contributed by atoms with Crippen molar-refractivity contribution in [3.8, 4) is 28.8 Å². The summed E-state index contributed by atoms with van der Waals surface area (Å²) in [5.74, 6) is 1.84. The van der Waals surface area contributed by atoms with Crippen LogP contribution in [0.15, 0.2) is 90.8 Å². The van der Waals surface area contributed by atoms with Gasteiger partial charge in [0.25, 0.3) is 0 Å². The van der Waals surface area contributed by atoms with Crippen LogP contribution in [0.1, 0.15) is 93.9 Å². The number of phenols is 1. The van der Waals surface area contributed by atoms with E-state index in [1.165, 1.54) is 12.5 Å². The highest BCUT2D eigenvalue weighted by Gasteiger charge is 2.40. The topological polar surface area (TPSA) is 197 Å². The largest absolute Gasteiger partial charge is 0.508 e. The number of aromatic nitrogens is 3. The quantitative estimate of drug-likeness (QED) is 0.0363. The number of rotatable bonds is 25. The van der Waals surface area contributed by atoms with Crippen LogP contribution < -0.4 is 29.9 Å². The van der Waals surface area contributed by atoms with Gasteiger partial charge in [-0.1, -0.05) is 74.4 Å². The number of hydrogen-bond acceptors (Lipinski definition) is 17. The van der Waals surface area contributed by atoms with E-state index in [0.717, 1.165) is 150 Å². The number of hydrogen-bond donors (Lipinski definition) is 3. The monoisotopic (exact) mass is 1210 g/mol. The summed E-state index contributed by atoms with van der Waals surface area (Å²) < 4.78 is 30.9. The SMILES string of the molecule is C=CC(=O)N1CCN(c2nc(OC(C)CN3CCC(OCCOCCOCCOc4ccc(-c5csc(C6CCCN6C(=O)[C@@H](NC(=O)C(C)NC)C6CCCCC6)n5)c5ccccc45)CC3)nc3c2CCN(c2cc(O)cc4ccccc24)C3)CC1. The molecule has 5 aliphatic rings. The highest BCUT2D eigenvalue weighted by molar-refractivity contribution is 7.10. The molecule has 11 rings (SSSR count). The highest BCUT2D eigenvalue weighted by Crippen LogP contribution is 2.41. The maximum Gasteiger partial charge on any atom is 0.318 e. The molecule has 3 amide bonds. The van der Waals surface area contributed by atoms with E-state index >= 15 is 0 Å². The number of nitrogens with zero attached hydrogens (tertiary/aromatic N) is 8. The number of amides is 3. The Morgan fingerprint density at radius 2 is 1.51 bits per heavy atom. The number of likely N-dealkylation sites (N-methyl/N-ethyl adjacent to an activating group) is 1. The fraction of sp³-hybridized carbons (Fsp3) is 0.522. The van der Waals surface area contributed by atoms with Crippen LogP contribution in [-0.2, 0) is 41.6 Å². The summed E-state index contributed by atoms with van der Waals surface area (Å²) in [6, 6.07) is 23.4. The molecular weight excluding hydrogens is 1120 g/mol. The van der Waals surface area contributed by atoms with Gasteiger partial charge in [-0.3, -0.25) is 19.3 Å². The lowest BCUT2D eigenvalue weighted by molar-refractivity contribution is -0.139. The van der Waals surface area contributed by atoms with Gasteiger partial charge in [-0.15, -0.1) is 11.3 Å². The van der Waals surface area contributed by atoms with Crippen LogP contribution in [0, 0.1) is 5.92 Å². The highest BCUT2D eigenvalue weighted by atomic mass is 32.1. The number of nitrogens with one attached hydrogen (secondary N) is 2. The van der Waals surface area contributed by atoms with E-state index in [0.29, 0.717) is 84.9 Å². The van der Waals surface area contributed by atoms with Gasteiger partial charge in [0.05, 0.1) is 69.2 Å². The van der Waals surface area contributed by atoms with Crippen molar-refractivity contribution in [3.05, 3.63) is 107 Å². The molecular formula is C67H86N10O9S. The molecule has 464 valence electrons. The van der Waals surface area contributed by atoms with Crippen LogP contribution in [0.5, 0.6) is 17.5 Å². The molecule has 0 spiro atoms. The number of aromatic hydroxyl groups is 1. The molecule has 6 heterocycles. The maximum atomic E-state index is 14.4. The number of carbonyl (C=O) groups is 3. The lowest BCUT2D eigenvalue weighted by atomic mass is 9.83. The van der Waals surface area contributed by atoms with Crippen LogP contribution in [0.3, 0.4) is 0 Å². The Balaban J connectivity index is 0.599. The van der Waals surface area contributed by atoms with Gasteiger partial charge in [-0.2, -0.15) is 9.97 Å². The number of anilines is 2. The second-order valence-corrected chi connectivity index (χ2v) is 24.7. The number of piperidine rings is 1. The van der Waals surface area contributed by atoms with Crippen molar-refractivity contribution in [2.24, 2.45) is 5.92 Å². The Morgan fingerprint density at radius 1 is 0.770 bits per heavy atom. The zero-order valence-corrected chi connectivity index (χ0v) is 51.7. The van der Waals surface area contributed by atoms with Gasteiger partial charge in [0.1, 0.15) is 41.1 Å². The molecule has 3 N–H and O–H groups in total. The molecule has 4 aromatic carbocycles. The molecule has 0 bridgehead atoms. The summed E-state index contributed by atoms with van der Waals surface area (Å²) in [7, 11) is 1.77. The first-order valence-electron chi connectivity index (χ1n) is 31.6. The predicted molar refractivity (Wildman–Crippen MR) is 340 cm³/mol. The Hall–Kier alpha value is -6.94. The number of carbonyl (C=O) groups excluding carboxylic acids is 3. The number of piperazine rings is 1. The summed E-state index contributed by atoms with van der Waals surface area (Å²) in [4.78, 5) is 66.1. The molecule has 2 aromatic heterocycles. The molecule has 6 aromatic rings. The van der Waals surface area contributed by atoms with Crippen LogP contribution in [0.4, 0.5) is 11.5 Å². The van der Waals surface area contributed by atoms with Crippen molar-refractivity contribution in [2.75, 3.05) is 115 Å². The lowest BCUT2D eigenvalue weighted by Crippen LogP contribution is -2.55. The van der Waals surface area contributed by atoms with E-state index in [1.54, 1.807) is 24.5 Å². The minimum absolute atomic E-state index is 0.0167. The Labute approximate surface area is 515 Å². The van der Waals surface area contributed by atoms with E-state index in [-0.39, 0.29) is 53.7 Å². The summed E-state index contributed by atoms with van der Waals surface area (Å²) in [5.41, 5.74) is 4.87. The van der Waals surface area contributed by atoms with Crippen LogP contribution in [0.25, 0.3) is 32.8 Å². The number of thiazole rings is 1. The predicted octanol–water partition coefficient (Wildman–Crippen LogP) is 8.71. The van der Waals surface area contributed by atoms with E-state index in [1.807, 2.05) is 59.2 Å². The van der Waals surface area contributed by atoms with Crippen molar-refractivity contribution in [1.29, 1.82) is 0 Å².